The van der Waals surface area contributed by atoms with E-state index in [-0.39, 0.29) is 6.04 Å². The van der Waals surface area contributed by atoms with E-state index in [0.29, 0.717) is 5.95 Å². The first-order valence-electron chi connectivity index (χ1n) is 7.38. The van der Waals surface area contributed by atoms with Gasteiger partial charge in [-0.05, 0) is 41.1 Å². The van der Waals surface area contributed by atoms with Gasteiger partial charge in [0.15, 0.2) is 0 Å². The van der Waals surface area contributed by atoms with Crippen molar-refractivity contribution in [3.63, 3.8) is 0 Å². The molecule has 0 aliphatic carbocycles. The van der Waals surface area contributed by atoms with E-state index in [0.717, 1.165) is 11.4 Å². The molecule has 2 heterocycles. The predicted octanol–water partition coefficient (Wildman–Crippen LogP) is 3.02. The van der Waals surface area contributed by atoms with Gasteiger partial charge in [-0.2, -0.15) is 4.68 Å². The molecule has 8 nitrogen and oxygen atoms in total. The van der Waals surface area contributed by atoms with Gasteiger partial charge in [-0.1, -0.05) is 24.3 Å². The molecule has 3 aromatic rings. The standard InChI is InChI=1S/C16H16N6O2/c1-12(14-10-6-7-11-17-14)21(13-8-4-3-5-9-13)16-18-15(22(23)24)19-20(16)2/h3-12H,1-2H3. The Morgan fingerprint density at radius 3 is 2.46 bits per heavy atom. The van der Waals surface area contributed by atoms with E-state index >= 15 is 0 Å². The van der Waals surface area contributed by atoms with Gasteiger partial charge in [0.1, 0.15) is 0 Å². The molecule has 1 unspecified atom stereocenters. The molecule has 0 fully saturated rings. The number of nitro groups is 1. The van der Waals surface area contributed by atoms with E-state index < -0.39 is 10.9 Å². The molecular formula is C16H16N6O2. The number of aromatic nitrogens is 4. The smallest absolute Gasteiger partial charge is 0.390 e. The number of hydrogen-bond acceptors (Lipinski definition) is 6. The van der Waals surface area contributed by atoms with E-state index in [4.69, 9.17) is 0 Å². The molecule has 8 heteroatoms. The average Bonchev–Trinajstić information content (AvgIpc) is 2.99. The van der Waals surface area contributed by atoms with Crippen LogP contribution < -0.4 is 4.90 Å². The SMILES string of the molecule is CC(c1ccccn1)N(c1ccccc1)c1nc([N+](=O)[O-])nn1C. The molecule has 0 saturated heterocycles. The Morgan fingerprint density at radius 1 is 1.17 bits per heavy atom. The Hall–Kier alpha value is -3.29. The Labute approximate surface area is 138 Å². The van der Waals surface area contributed by atoms with Crippen molar-refractivity contribution >= 4 is 17.6 Å². The number of hydrogen-bond donors (Lipinski definition) is 0. The molecule has 0 N–H and O–H groups in total. The second kappa shape index (κ2) is 6.45. The largest absolute Gasteiger partial charge is 0.493 e. The number of nitrogens with zero attached hydrogens (tertiary/aromatic N) is 6. The lowest BCUT2D eigenvalue weighted by atomic mass is 10.1. The molecule has 2 aromatic heterocycles. The molecule has 0 amide bonds. The fourth-order valence-electron chi connectivity index (χ4n) is 2.51. The van der Waals surface area contributed by atoms with Gasteiger partial charge in [-0.15, -0.1) is 0 Å². The highest BCUT2D eigenvalue weighted by molar-refractivity contribution is 5.59. The van der Waals surface area contributed by atoms with Crippen molar-refractivity contribution in [3.8, 4) is 0 Å². The molecule has 1 aromatic carbocycles. The molecular weight excluding hydrogens is 308 g/mol. The van der Waals surface area contributed by atoms with E-state index in [1.807, 2.05) is 60.4 Å². The summed E-state index contributed by atoms with van der Waals surface area (Å²) in [6, 6.07) is 15.0. The van der Waals surface area contributed by atoms with Crippen LogP contribution in [0.4, 0.5) is 17.6 Å². The summed E-state index contributed by atoms with van der Waals surface area (Å²) in [5.41, 5.74) is 1.67. The first-order valence-corrected chi connectivity index (χ1v) is 7.38. The summed E-state index contributed by atoms with van der Waals surface area (Å²) in [4.78, 5) is 20.8. The molecule has 0 bridgehead atoms. The van der Waals surface area contributed by atoms with Crippen LogP contribution in [0.2, 0.25) is 0 Å². The molecule has 0 aliphatic heterocycles. The minimum Gasteiger partial charge on any atom is -0.390 e. The fraction of sp³-hybridized carbons (Fsp3) is 0.188. The van der Waals surface area contributed by atoms with Crippen molar-refractivity contribution < 1.29 is 4.92 Å². The lowest BCUT2D eigenvalue weighted by molar-refractivity contribution is -0.394. The molecule has 1 atom stereocenters. The number of rotatable bonds is 5. The van der Waals surface area contributed by atoms with E-state index in [1.165, 1.54) is 4.68 Å². The first-order chi connectivity index (χ1) is 11.6. The molecule has 3 rings (SSSR count). The highest BCUT2D eigenvalue weighted by Gasteiger charge is 2.29. The van der Waals surface area contributed by atoms with Crippen molar-refractivity contribution in [2.45, 2.75) is 13.0 Å². The van der Waals surface area contributed by atoms with Crippen LogP contribution in [-0.4, -0.2) is 24.7 Å². The Balaban J connectivity index is 2.11. The maximum atomic E-state index is 11.0. The van der Waals surface area contributed by atoms with Gasteiger partial charge in [0.25, 0.3) is 0 Å². The van der Waals surface area contributed by atoms with E-state index in [9.17, 15) is 10.1 Å². The van der Waals surface area contributed by atoms with Gasteiger partial charge in [0, 0.05) is 24.0 Å². The zero-order valence-electron chi connectivity index (χ0n) is 13.3. The van der Waals surface area contributed by atoms with Gasteiger partial charge in [0.05, 0.1) is 11.7 Å². The number of benzene rings is 1. The van der Waals surface area contributed by atoms with Crippen LogP contribution in [0, 0.1) is 10.1 Å². The monoisotopic (exact) mass is 324 g/mol. The summed E-state index contributed by atoms with van der Waals surface area (Å²) in [6.07, 6.45) is 1.72. The van der Waals surface area contributed by atoms with E-state index in [1.54, 1.807) is 13.2 Å². The third kappa shape index (κ3) is 2.94. The highest BCUT2D eigenvalue weighted by atomic mass is 16.6. The number of pyridine rings is 1. The summed E-state index contributed by atoms with van der Waals surface area (Å²) >= 11 is 0. The van der Waals surface area contributed by atoms with Crippen molar-refractivity contribution in [2.24, 2.45) is 7.05 Å². The molecule has 0 spiro atoms. The number of aryl methyl sites for hydroxylation is 1. The van der Waals surface area contributed by atoms with Crippen molar-refractivity contribution in [1.82, 2.24) is 19.7 Å². The van der Waals surface area contributed by atoms with Crippen LogP contribution in [-0.2, 0) is 7.05 Å². The lowest BCUT2D eigenvalue weighted by Gasteiger charge is -2.27. The fourth-order valence-corrected chi connectivity index (χ4v) is 2.51. The maximum Gasteiger partial charge on any atom is 0.493 e. The van der Waals surface area contributed by atoms with Crippen molar-refractivity contribution in [2.75, 3.05) is 4.90 Å². The first kappa shape index (κ1) is 15.6. The van der Waals surface area contributed by atoms with Crippen LogP contribution in [0.3, 0.4) is 0 Å². The van der Waals surface area contributed by atoms with Crippen LogP contribution in [0.15, 0.2) is 54.7 Å². The number of para-hydroxylation sites is 1. The topological polar surface area (TPSA) is 90.0 Å². The van der Waals surface area contributed by atoms with Gasteiger partial charge in [0.2, 0.25) is 0 Å². The van der Waals surface area contributed by atoms with E-state index in [2.05, 4.69) is 15.1 Å². The van der Waals surface area contributed by atoms with Crippen LogP contribution in [0.25, 0.3) is 0 Å². The summed E-state index contributed by atoms with van der Waals surface area (Å²) < 4.78 is 1.41. The van der Waals surface area contributed by atoms with Crippen molar-refractivity contribution in [1.29, 1.82) is 0 Å². The molecule has 0 aliphatic rings. The zero-order valence-corrected chi connectivity index (χ0v) is 13.3. The highest BCUT2D eigenvalue weighted by Crippen LogP contribution is 2.33. The van der Waals surface area contributed by atoms with Gasteiger partial charge in [-0.3, -0.25) is 9.88 Å². The predicted molar refractivity (Wildman–Crippen MR) is 88.9 cm³/mol. The van der Waals surface area contributed by atoms with Crippen molar-refractivity contribution in [3.05, 3.63) is 70.5 Å². The summed E-state index contributed by atoms with van der Waals surface area (Å²) in [7, 11) is 1.64. The average molecular weight is 324 g/mol. The van der Waals surface area contributed by atoms with Crippen LogP contribution in [0.5, 0.6) is 0 Å². The van der Waals surface area contributed by atoms with Gasteiger partial charge in [-0.25, -0.2) is 0 Å². The van der Waals surface area contributed by atoms with Gasteiger partial charge >= 0.3 is 11.9 Å². The summed E-state index contributed by atoms with van der Waals surface area (Å²) in [5, 5.41) is 14.9. The summed E-state index contributed by atoms with van der Waals surface area (Å²) in [6.45, 7) is 1.97. The minimum atomic E-state index is -0.599. The molecule has 122 valence electrons. The zero-order chi connectivity index (χ0) is 17.1. The third-order valence-corrected chi connectivity index (χ3v) is 3.65. The Morgan fingerprint density at radius 2 is 1.88 bits per heavy atom. The second-order valence-corrected chi connectivity index (χ2v) is 5.23. The Kier molecular flexibility index (Phi) is 4.19. The number of anilines is 2. The lowest BCUT2D eigenvalue weighted by Crippen LogP contribution is -2.25. The van der Waals surface area contributed by atoms with Crippen LogP contribution in [0.1, 0.15) is 18.7 Å². The summed E-state index contributed by atoms with van der Waals surface area (Å²) in [5.74, 6) is -0.0484. The van der Waals surface area contributed by atoms with Crippen LogP contribution >= 0.6 is 0 Å². The maximum absolute atomic E-state index is 11.0. The van der Waals surface area contributed by atoms with Gasteiger partial charge < -0.3 is 10.1 Å². The molecule has 0 radical (unpaired) electrons. The Bertz CT molecular complexity index is 834. The second-order valence-electron chi connectivity index (χ2n) is 5.23. The third-order valence-electron chi connectivity index (χ3n) is 3.65. The normalized spacial score (nSPS) is 11.9. The molecule has 24 heavy (non-hydrogen) atoms. The minimum absolute atomic E-state index is 0.184. The molecule has 0 saturated carbocycles. The quantitative estimate of drug-likeness (QED) is 0.529.